The predicted octanol–water partition coefficient (Wildman–Crippen LogP) is 4.50. The van der Waals surface area contributed by atoms with Crippen molar-refractivity contribution in [2.75, 3.05) is 0 Å². The number of nitrogens with zero attached hydrogens (tertiary/aromatic N) is 1. The second kappa shape index (κ2) is 4.56. The predicted molar refractivity (Wildman–Crippen MR) is 64.2 cm³/mol. The Kier molecular flexibility index (Phi) is 3.34. The zero-order valence-corrected chi connectivity index (χ0v) is 10.6. The molecule has 1 aromatic heterocycles. The van der Waals surface area contributed by atoms with Crippen LogP contribution in [0.5, 0.6) is 0 Å². The molecule has 0 bridgehead atoms. The van der Waals surface area contributed by atoms with Gasteiger partial charge in [0.25, 0.3) is 0 Å². The molecular weight excluding hydrogens is 301 g/mol. The third-order valence-corrected chi connectivity index (χ3v) is 3.26. The van der Waals surface area contributed by atoms with Gasteiger partial charge in [-0.25, -0.2) is 0 Å². The maximum Gasteiger partial charge on any atom is 0.231 e. The maximum absolute atomic E-state index is 5.82. The number of halogens is 3. The molecule has 2 nitrogen and oxygen atoms in total. The van der Waals surface area contributed by atoms with Crippen molar-refractivity contribution < 1.29 is 4.52 Å². The molecule has 0 atom stereocenters. The molecule has 0 fully saturated rings. The molecule has 78 valence electrons. The monoisotopic (exact) mass is 305 g/mol. The Hall–Kier alpha value is -0.510. The molecule has 0 saturated heterocycles. The molecule has 15 heavy (non-hydrogen) atoms. The summed E-state index contributed by atoms with van der Waals surface area (Å²) in [5, 5.41) is 4.14. The van der Waals surface area contributed by atoms with E-state index in [2.05, 4.69) is 21.1 Å². The van der Waals surface area contributed by atoms with Crippen molar-refractivity contribution in [3.8, 4) is 11.3 Å². The molecule has 0 radical (unpaired) electrons. The average Bonchev–Trinajstić information content (AvgIpc) is 2.60. The summed E-state index contributed by atoms with van der Waals surface area (Å²) in [5.74, 6) is 0.277. The van der Waals surface area contributed by atoms with Crippen LogP contribution in [0.2, 0.25) is 5.22 Å². The minimum absolute atomic E-state index is 0.246. The van der Waals surface area contributed by atoms with Crippen molar-refractivity contribution in [2.45, 2.75) is 5.88 Å². The number of rotatable bonds is 2. The highest BCUT2D eigenvalue weighted by Crippen LogP contribution is 2.33. The molecule has 0 aliphatic rings. The number of benzene rings is 1. The number of aromatic nitrogens is 1. The minimum atomic E-state index is 0.246. The standard InChI is InChI=1S/C10H6BrCl2NO/c11-8-4-2-1-3-6(8)9-7(5-12)10(13)15-14-9/h1-4H,5H2. The first-order valence-electron chi connectivity index (χ1n) is 4.19. The maximum atomic E-state index is 5.82. The summed E-state index contributed by atoms with van der Waals surface area (Å²) >= 11 is 15.0. The second-order valence-electron chi connectivity index (χ2n) is 2.90. The SMILES string of the molecule is ClCc1c(-c2ccccc2Br)noc1Cl. The third-order valence-electron chi connectivity index (χ3n) is 2.00. The van der Waals surface area contributed by atoms with Crippen LogP contribution in [0, 0.1) is 0 Å². The molecule has 0 spiro atoms. The van der Waals surface area contributed by atoms with E-state index in [9.17, 15) is 0 Å². The molecular formula is C10H6BrCl2NO. The van der Waals surface area contributed by atoms with Gasteiger partial charge in [-0.3, -0.25) is 0 Å². The molecule has 2 rings (SSSR count). The lowest BCUT2D eigenvalue weighted by molar-refractivity contribution is 0.423. The lowest BCUT2D eigenvalue weighted by Gasteiger charge is -2.00. The molecule has 0 unspecified atom stereocenters. The first-order valence-corrected chi connectivity index (χ1v) is 5.89. The van der Waals surface area contributed by atoms with Crippen molar-refractivity contribution in [1.82, 2.24) is 5.16 Å². The highest BCUT2D eigenvalue weighted by atomic mass is 79.9. The Morgan fingerprint density at radius 1 is 1.33 bits per heavy atom. The van der Waals surface area contributed by atoms with Crippen LogP contribution in [0.1, 0.15) is 5.56 Å². The first kappa shape index (κ1) is 11.0. The summed E-state index contributed by atoms with van der Waals surface area (Å²) in [6.07, 6.45) is 0. The number of hydrogen-bond donors (Lipinski definition) is 0. The van der Waals surface area contributed by atoms with Crippen LogP contribution >= 0.6 is 39.1 Å². The lowest BCUT2D eigenvalue weighted by atomic mass is 10.1. The molecule has 1 heterocycles. The van der Waals surface area contributed by atoms with Gasteiger partial charge in [-0.1, -0.05) is 39.3 Å². The molecule has 0 amide bonds. The Labute approximate surface area is 105 Å². The normalized spacial score (nSPS) is 10.6. The average molecular weight is 307 g/mol. The molecule has 0 aliphatic carbocycles. The summed E-state index contributed by atoms with van der Waals surface area (Å²) in [5.41, 5.74) is 2.32. The van der Waals surface area contributed by atoms with E-state index in [4.69, 9.17) is 27.7 Å². The van der Waals surface area contributed by atoms with Crippen LogP contribution in [0.25, 0.3) is 11.3 Å². The van der Waals surface area contributed by atoms with Crippen LogP contribution in [0.3, 0.4) is 0 Å². The zero-order chi connectivity index (χ0) is 10.8. The van der Waals surface area contributed by atoms with Crippen LogP contribution in [0.15, 0.2) is 33.3 Å². The van der Waals surface area contributed by atoms with Gasteiger partial charge in [-0.05, 0) is 17.7 Å². The molecule has 2 aromatic rings. The van der Waals surface area contributed by atoms with E-state index in [-0.39, 0.29) is 11.1 Å². The van der Waals surface area contributed by atoms with Gasteiger partial charge in [0.2, 0.25) is 5.22 Å². The molecule has 5 heteroatoms. The highest BCUT2D eigenvalue weighted by molar-refractivity contribution is 9.10. The van der Waals surface area contributed by atoms with Gasteiger partial charge in [-0.15, -0.1) is 11.6 Å². The van der Waals surface area contributed by atoms with Crippen molar-refractivity contribution >= 4 is 39.1 Å². The number of hydrogen-bond acceptors (Lipinski definition) is 2. The van der Waals surface area contributed by atoms with E-state index >= 15 is 0 Å². The van der Waals surface area contributed by atoms with Crippen LogP contribution in [-0.4, -0.2) is 5.16 Å². The summed E-state index contributed by atoms with van der Waals surface area (Å²) in [6, 6.07) is 7.70. The van der Waals surface area contributed by atoms with Gasteiger partial charge < -0.3 is 4.52 Å². The van der Waals surface area contributed by atoms with E-state index in [1.807, 2.05) is 24.3 Å². The lowest BCUT2D eigenvalue weighted by Crippen LogP contribution is -1.84. The Bertz CT molecular complexity index is 484. The van der Waals surface area contributed by atoms with Crippen molar-refractivity contribution in [2.24, 2.45) is 0 Å². The van der Waals surface area contributed by atoms with Crippen molar-refractivity contribution in [1.29, 1.82) is 0 Å². The fourth-order valence-corrected chi connectivity index (χ4v) is 2.25. The van der Waals surface area contributed by atoms with Gasteiger partial charge in [0.15, 0.2) is 0 Å². The second-order valence-corrected chi connectivity index (χ2v) is 4.36. The molecule has 1 aromatic carbocycles. The van der Waals surface area contributed by atoms with Crippen molar-refractivity contribution in [3.05, 3.63) is 39.5 Å². The number of alkyl halides is 1. The first-order chi connectivity index (χ1) is 7.24. The van der Waals surface area contributed by atoms with Crippen molar-refractivity contribution in [3.63, 3.8) is 0 Å². The van der Waals surface area contributed by atoms with Gasteiger partial charge in [-0.2, -0.15) is 0 Å². The van der Waals surface area contributed by atoms with Crippen LogP contribution in [-0.2, 0) is 5.88 Å². The van der Waals surface area contributed by atoms with E-state index in [1.165, 1.54) is 0 Å². The summed E-state index contributed by atoms with van der Waals surface area (Å²) < 4.78 is 5.84. The Morgan fingerprint density at radius 2 is 2.07 bits per heavy atom. The molecule has 0 N–H and O–H groups in total. The Balaban J connectivity index is 2.59. The van der Waals surface area contributed by atoms with Gasteiger partial charge in [0, 0.05) is 10.0 Å². The van der Waals surface area contributed by atoms with Gasteiger partial charge in [0.1, 0.15) is 5.69 Å². The van der Waals surface area contributed by atoms with Gasteiger partial charge in [0.05, 0.1) is 11.4 Å². The highest BCUT2D eigenvalue weighted by Gasteiger charge is 2.16. The summed E-state index contributed by atoms with van der Waals surface area (Å²) in [7, 11) is 0. The molecule has 0 saturated carbocycles. The van der Waals surface area contributed by atoms with E-state index in [1.54, 1.807) is 0 Å². The van der Waals surface area contributed by atoms with E-state index < -0.39 is 0 Å². The minimum Gasteiger partial charge on any atom is -0.343 e. The summed E-state index contributed by atoms with van der Waals surface area (Å²) in [6.45, 7) is 0. The Morgan fingerprint density at radius 3 is 2.73 bits per heavy atom. The molecule has 0 aliphatic heterocycles. The summed E-state index contributed by atoms with van der Waals surface area (Å²) in [4.78, 5) is 0. The fourth-order valence-electron chi connectivity index (χ4n) is 1.27. The quantitative estimate of drug-likeness (QED) is 0.764. The third kappa shape index (κ3) is 2.05. The largest absolute Gasteiger partial charge is 0.343 e. The smallest absolute Gasteiger partial charge is 0.231 e. The topological polar surface area (TPSA) is 26.0 Å². The van der Waals surface area contributed by atoms with E-state index in [0.29, 0.717) is 11.3 Å². The van der Waals surface area contributed by atoms with E-state index in [0.717, 1.165) is 10.0 Å². The van der Waals surface area contributed by atoms with Crippen LogP contribution < -0.4 is 0 Å². The van der Waals surface area contributed by atoms with Crippen LogP contribution in [0.4, 0.5) is 0 Å². The zero-order valence-electron chi connectivity index (χ0n) is 7.51. The van der Waals surface area contributed by atoms with Gasteiger partial charge >= 0.3 is 0 Å². The fraction of sp³-hybridized carbons (Fsp3) is 0.100.